The number of amides is 1. The van der Waals surface area contributed by atoms with Gasteiger partial charge in [-0.3, -0.25) is 4.90 Å². The smallest absolute Gasteiger partial charge is 0.409 e. The Kier molecular flexibility index (Phi) is 6.88. The molecule has 7 nitrogen and oxygen atoms in total. The number of ether oxygens (including phenoxy) is 1. The van der Waals surface area contributed by atoms with Crippen LogP contribution in [-0.2, 0) is 11.2 Å². The third-order valence-electron chi connectivity index (χ3n) is 5.44. The summed E-state index contributed by atoms with van der Waals surface area (Å²) in [6.45, 7) is 11.9. The molecule has 0 aromatic carbocycles. The van der Waals surface area contributed by atoms with Crippen LogP contribution >= 0.6 is 0 Å². The van der Waals surface area contributed by atoms with E-state index < -0.39 is 0 Å². The largest absolute Gasteiger partial charge is 0.450 e. The van der Waals surface area contributed by atoms with Crippen molar-refractivity contribution in [2.75, 3.05) is 50.8 Å². The van der Waals surface area contributed by atoms with Gasteiger partial charge in [-0.25, -0.2) is 14.8 Å². The molecule has 0 N–H and O–H groups in total. The van der Waals surface area contributed by atoms with Crippen molar-refractivity contribution >= 4 is 11.9 Å². The van der Waals surface area contributed by atoms with E-state index in [0.717, 1.165) is 69.4 Å². The minimum atomic E-state index is -0.178. The Morgan fingerprint density at radius 2 is 1.96 bits per heavy atom. The highest BCUT2D eigenvalue weighted by atomic mass is 16.6. The molecule has 1 aromatic heterocycles. The number of carbonyl (C=O) groups excluding carboxylic acids is 1. The molecule has 7 heteroatoms. The summed E-state index contributed by atoms with van der Waals surface area (Å²) in [4.78, 5) is 28.0. The van der Waals surface area contributed by atoms with E-state index in [9.17, 15) is 4.79 Å². The summed E-state index contributed by atoms with van der Waals surface area (Å²) in [5, 5.41) is 0. The maximum atomic E-state index is 11.9. The lowest BCUT2D eigenvalue weighted by atomic mass is 10.0. The normalized spacial score (nSPS) is 21.4. The molecule has 1 amide bonds. The fraction of sp³-hybridized carbons (Fsp3) is 0.750. The van der Waals surface area contributed by atoms with Crippen LogP contribution in [0.5, 0.6) is 0 Å². The Morgan fingerprint density at radius 3 is 2.67 bits per heavy atom. The first kappa shape index (κ1) is 19.9. The van der Waals surface area contributed by atoms with Gasteiger partial charge in [-0.2, -0.15) is 0 Å². The summed E-state index contributed by atoms with van der Waals surface area (Å²) in [6, 6.07) is 2.63. The number of piperidine rings is 1. The zero-order chi connectivity index (χ0) is 19.2. The second kappa shape index (κ2) is 9.35. The molecule has 0 bridgehead atoms. The SMILES string of the molecule is CCCc1nc(C)cc(N2CCCC(N3CCN(C(=O)OCC)CC3)C2)n1. The predicted molar refractivity (Wildman–Crippen MR) is 106 cm³/mol. The van der Waals surface area contributed by atoms with E-state index in [1.165, 1.54) is 12.8 Å². The van der Waals surface area contributed by atoms with Crippen LogP contribution in [0.1, 0.15) is 44.6 Å². The molecule has 150 valence electrons. The highest BCUT2D eigenvalue weighted by molar-refractivity contribution is 5.67. The quantitative estimate of drug-likeness (QED) is 0.788. The van der Waals surface area contributed by atoms with E-state index in [2.05, 4.69) is 34.7 Å². The van der Waals surface area contributed by atoms with Gasteiger partial charge in [-0.15, -0.1) is 0 Å². The van der Waals surface area contributed by atoms with Gasteiger partial charge in [-0.05, 0) is 33.1 Å². The fourth-order valence-electron chi connectivity index (χ4n) is 4.05. The monoisotopic (exact) mass is 375 g/mol. The first-order valence-corrected chi connectivity index (χ1v) is 10.4. The van der Waals surface area contributed by atoms with Gasteiger partial charge in [0.05, 0.1) is 6.61 Å². The van der Waals surface area contributed by atoms with Gasteiger partial charge in [0.25, 0.3) is 0 Å². The molecule has 2 aliphatic rings. The number of carbonyl (C=O) groups is 1. The molecule has 0 spiro atoms. The van der Waals surface area contributed by atoms with Gasteiger partial charge in [0.1, 0.15) is 11.6 Å². The fourth-order valence-corrected chi connectivity index (χ4v) is 4.05. The molecule has 0 radical (unpaired) electrons. The number of anilines is 1. The number of aromatic nitrogens is 2. The first-order valence-electron chi connectivity index (χ1n) is 10.4. The molecule has 0 aliphatic carbocycles. The topological polar surface area (TPSA) is 61.8 Å². The maximum absolute atomic E-state index is 11.9. The number of piperazine rings is 1. The molecule has 3 heterocycles. The van der Waals surface area contributed by atoms with Crippen LogP contribution in [-0.4, -0.2) is 77.8 Å². The van der Waals surface area contributed by atoms with Crippen molar-refractivity contribution in [2.24, 2.45) is 0 Å². The van der Waals surface area contributed by atoms with E-state index in [0.29, 0.717) is 12.6 Å². The summed E-state index contributed by atoms with van der Waals surface area (Å²) >= 11 is 0. The van der Waals surface area contributed by atoms with Crippen LogP contribution in [0.3, 0.4) is 0 Å². The van der Waals surface area contributed by atoms with E-state index in [4.69, 9.17) is 9.72 Å². The molecule has 3 rings (SSSR count). The van der Waals surface area contributed by atoms with E-state index in [1.54, 1.807) is 0 Å². The van der Waals surface area contributed by atoms with Crippen molar-refractivity contribution in [1.29, 1.82) is 0 Å². The van der Waals surface area contributed by atoms with Crippen LogP contribution in [0.15, 0.2) is 6.07 Å². The third-order valence-corrected chi connectivity index (χ3v) is 5.44. The highest BCUT2D eigenvalue weighted by Crippen LogP contribution is 2.23. The number of hydrogen-bond acceptors (Lipinski definition) is 6. The first-order chi connectivity index (χ1) is 13.1. The lowest BCUT2D eigenvalue weighted by molar-refractivity contribution is 0.0629. The average molecular weight is 376 g/mol. The molecule has 27 heavy (non-hydrogen) atoms. The van der Waals surface area contributed by atoms with Crippen molar-refractivity contribution in [3.63, 3.8) is 0 Å². The van der Waals surface area contributed by atoms with Crippen molar-refractivity contribution in [1.82, 2.24) is 19.8 Å². The Hall–Kier alpha value is -1.89. The molecular weight excluding hydrogens is 342 g/mol. The zero-order valence-corrected chi connectivity index (χ0v) is 17.0. The Balaban J connectivity index is 1.59. The third kappa shape index (κ3) is 5.09. The summed E-state index contributed by atoms with van der Waals surface area (Å²) in [6.07, 6.45) is 4.21. The summed E-state index contributed by atoms with van der Waals surface area (Å²) in [5.74, 6) is 2.03. The Labute approximate surface area is 162 Å². The summed E-state index contributed by atoms with van der Waals surface area (Å²) in [5.41, 5.74) is 1.05. The van der Waals surface area contributed by atoms with Crippen LogP contribution in [0.2, 0.25) is 0 Å². The van der Waals surface area contributed by atoms with Gasteiger partial charge in [0, 0.05) is 63.5 Å². The average Bonchev–Trinajstić information content (AvgIpc) is 2.68. The number of hydrogen-bond donors (Lipinski definition) is 0. The van der Waals surface area contributed by atoms with Gasteiger partial charge < -0.3 is 14.5 Å². The van der Waals surface area contributed by atoms with Crippen molar-refractivity contribution < 1.29 is 9.53 Å². The molecule has 2 saturated heterocycles. The van der Waals surface area contributed by atoms with Crippen LogP contribution in [0.25, 0.3) is 0 Å². The molecule has 2 aliphatic heterocycles. The van der Waals surface area contributed by atoms with Gasteiger partial charge in [0.15, 0.2) is 0 Å². The lowest BCUT2D eigenvalue weighted by Gasteiger charge is -2.43. The molecule has 0 saturated carbocycles. The molecule has 2 fully saturated rings. The van der Waals surface area contributed by atoms with Crippen LogP contribution in [0.4, 0.5) is 10.6 Å². The minimum absolute atomic E-state index is 0.178. The second-order valence-corrected chi connectivity index (χ2v) is 7.50. The van der Waals surface area contributed by atoms with Gasteiger partial charge in [-0.1, -0.05) is 6.92 Å². The van der Waals surface area contributed by atoms with E-state index in [-0.39, 0.29) is 6.09 Å². The predicted octanol–water partition coefficient (Wildman–Crippen LogP) is 2.48. The van der Waals surface area contributed by atoms with Gasteiger partial charge in [0.2, 0.25) is 0 Å². The van der Waals surface area contributed by atoms with Crippen LogP contribution < -0.4 is 4.90 Å². The summed E-state index contributed by atoms with van der Waals surface area (Å²) in [7, 11) is 0. The van der Waals surface area contributed by atoms with Crippen molar-refractivity contribution in [3.05, 3.63) is 17.6 Å². The summed E-state index contributed by atoms with van der Waals surface area (Å²) < 4.78 is 5.13. The lowest BCUT2D eigenvalue weighted by Crippen LogP contribution is -2.56. The standard InChI is InChI=1S/C20H33N5O2/c1-4-7-18-21-16(3)14-19(22-18)25-9-6-8-17(15-25)23-10-12-24(13-11-23)20(26)27-5-2/h14,17H,4-13,15H2,1-3H3. The molecule has 1 atom stereocenters. The van der Waals surface area contributed by atoms with Crippen molar-refractivity contribution in [2.45, 2.75) is 52.5 Å². The zero-order valence-electron chi connectivity index (χ0n) is 17.0. The van der Waals surface area contributed by atoms with E-state index >= 15 is 0 Å². The minimum Gasteiger partial charge on any atom is -0.450 e. The molecular formula is C20H33N5O2. The number of rotatable bonds is 5. The second-order valence-electron chi connectivity index (χ2n) is 7.50. The Bertz CT molecular complexity index is 631. The number of aryl methyl sites for hydroxylation is 2. The van der Waals surface area contributed by atoms with Gasteiger partial charge >= 0.3 is 6.09 Å². The van der Waals surface area contributed by atoms with E-state index in [1.807, 2.05) is 11.8 Å². The molecule has 1 unspecified atom stereocenters. The Morgan fingerprint density at radius 1 is 1.19 bits per heavy atom. The van der Waals surface area contributed by atoms with Crippen LogP contribution in [0, 0.1) is 6.92 Å². The van der Waals surface area contributed by atoms with Crippen molar-refractivity contribution in [3.8, 4) is 0 Å². The maximum Gasteiger partial charge on any atom is 0.409 e. The number of nitrogens with zero attached hydrogens (tertiary/aromatic N) is 5. The molecule has 1 aromatic rings. The highest BCUT2D eigenvalue weighted by Gasteiger charge is 2.30.